The highest BCUT2D eigenvalue weighted by atomic mass is 16.5. The Hall–Kier alpha value is -0.900. The Balaban J connectivity index is 2.59. The van der Waals surface area contributed by atoms with Gasteiger partial charge in [0.1, 0.15) is 6.61 Å². The Morgan fingerprint density at radius 2 is 2.42 bits per heavy atom. The highest BCUT2D eigenvalue weighted by molar-refractivity contribution is 5.97. The second kappa shape index (κ2) is 3.67. The maximum atomic E-state index is 11.2. The summed E-state index contributed by atoms with van der Waals surface area (Å²) in [5, 5.41) is 0. The van der Waals surface area contributed by atoms with Gasteiger partial charge in [-0.05, 0) is 13.3 Å². The largest absolute Gasteiger partial charge is 0.375 e. The molecule has 0 aromatic carbocycles. The first-order valence-corrected chi connectivity index (χ1v) is 4.00. The second-order valence-electron chi connectivity index (χ2n) is 2.98. The number of carbonyl (C=O) groups is 2. The van der Waals surface area contributed by atoms with E-state index in [1.165, 1.54) is 12.0 Å². The molecule has 1 rings (SSSR count). The molecule has 1 aliphatic rings. The van der Waals surface area contributed by atoms with Gasteiger partial charge in [-0.25, -0.2) is 0 Å². The maximum absolute atomic E-state index is 11.2. The highest BCUT2D eigenvalue weighted by Gasteiger charge is 2.32. The van der Waals surface area contributed by atoms with Crippen molar-refractivity contribution in [3.8, 4) is 0 Å². The number of methoxy groups -OCH3 is 1. The Labute approximate surface area is 71.5 Å². The van der Waals surface area contributed by atoms with Crippen LogP contribution in [0.3, 0.4) is 0 Å². The molecule has 0 spiro atoms. The molecule has 4 nitrogen and oxygen atoms in total. The van der Waals surface area contributed by atoms with Gasteiger partial charge in [-0.1, -0.05) is 0 Å². The standard InChI is InChI=1S/C8H13NO3/c1-6-3-4-7(10)9(6)8(11)5-12-2/h6H,3-5H2,1-2H3. The summed E-state index contributed by atoms with van der Waals surface area (Å²) in [5.41, 5.74) is 0. The van der Waals surface area contributed by atoms with Gasteiger partial charge in [-0.15, -0.1) is 0 Å². The van der Waals surface area contributed by atoms with Crippen LogP contribution in [0.15, 0.2) is 0 Å². The Morgan fingerprint density at radius 3 is 2.83 bits per heavy atom. The smallest absolute Gasteiger partial charge is 0.255 e. The molecule has 1 heterocycles. The fourth-order valence-electron chi connectivity index (χ4n) is 1.41. The van der Waals surface area contributed by atoms with Gasteiger partial charge in [0.15, 0.2) is 0 Å². The molecule has 1 saturated heterocycles. The first-order chi connectivity index (χ1) is 5.66. The van der Waals surface area contributed by atoms with Crippen LogP contribution in [0, 0.1) is 0 Å². The SMILES string of the molecule is COCC(=O)N1C(=O)CCC1C. The number of carbonyl (C=O) groups excluding carboxylic acids is 2. The van der Waals surface area contributed by atoms with Gasteiger partial charge in [0.25, 0.3) is 5.91 Å². The summed E-state index contributed by atoms with van der Waals surface area (Å²) in [4.78, 5) is 23.7. The summed E-state index contributed by atoms with van der Waals surface area (Å²) >= 11 is 0. The van der Waals surface area contributed by atoms with Crippen molar-refractivity contribution >= 4 is 11.8 Å². The fourth-order valence-corrected chi connectivity index (χ4v) is 1.41. The molecule has 0 aliphatic carbocycles. The summed E-state index contributed by atoms with van der Waals surface area (Å²) in [7, 11) is 1.45. The van der Waals surface area contributed by atoms with E-state index in [-0.39, 0.29) is 24.5 Å². The van der Waals surface area contributed by atoms with Crippen LogP contribution in [0.1, 0.15) is 19.8 Å². The number of hydrogen-bond acceptors (Lipinski definition) is 3. The Morgan fingerprint density at radius 1 is 1.75 bits per heavy atom. The number of nitrogens with zero attached hydrogens (tertiary/aromatic N) is 1. The summed E-state index contributed by atoms with van der Waals surface area (Å²) in [6, 6.07) is 0.0418. The molecule has 0 bridgehead atoms. The molecular weight excluding hydrogens is 158 g/mol. The number of amides is 2. The maximum Gasteiger partial charge on any atom is 0.255 e. The predicted molar refractivity (Wildman–Crippen MR) is 42.4 cm³/mol. The van der Waals surface area contributed by atoms with Crippen molar-refractivity contribution in [1.29, 1.82) is 0 Å². The quantitative estimate of drug-likeness (QED) is 0.595. The van der Waals surface area contributed by atoms with E-state index >= 15 is 0 Å². The number of hydrogen-bond donors (Lipinski definition) is 0. The van der Waals surface area contributed by atoms with Gasteiger partial charge in [-0.2, -0.15) is 0 Å². The van der Waals surface area contributed by atoms with Crippen LogP contribution in [0.2, 0.25) is 0 Å². The van der Waals surface area contributed by atoms with E-state index in [4.69, 9.17) is 0 Å². The minimum absolute atomic E-state index is 0.00389. The fraction of sp³-hybridized carbons (Fsp3) is 0.750. The average Bonchev–Trinajstić information content (AvgIpc) is 2.32. The van der Waals surface area contributed by atoms with Crippen molar-refractivity contribution in [2.75, 3.05) is 13.7 Å². The molecule has 1 fully saturated rings. The molecule has 0 saturated carbocycles. The van der Waals surface area contributed by atoms with Crippen molar-refractivity contribution in [2.24, 2.45) is 0 Å². The first kappa shape index (κ1) is 9.19. The predicted octanol–water partition coefficient (Wildman–Crippen LogP) is 0.170. The van der Waals surface area contributed by atoms with Crippen LogP contribution >= 0.6 is 0 Å². The lowest BCUT2D eigenvalue weighted by atomic mass is 10.2. The number of rotatable bonds is 2. The van der Waals surface area contributed by atoms with E-state index in [2.05, 4.69) is 4.74 Å². The topological polar surface area (TPSA) is 46.6 Å². The number of ether oxygens (including phenoxy) is 1. The Bertz CT molecular complexity index is 202. The van der Waals surface area contributed by atoms with Crippen LogP contribution < -0.4 is 0 Å². The zero-order valence-electron chi connectivity index (χ0n) is 7.37. The normalized spacial score (nSPS) is 23.3. The first-order valence-electron chi connectivity index (χ1n) is 4.00. The summed E-state index contributed by atoms with van der Waals surface area (Å²) in [6.07, 6.45) is 1.25. The van der Waals surface area contributed by atoms with E-state index < -0.39 is 0 Å². The van der Waals surface area contributed by atoms with Gasteiger partial charge in [-0.3, -0.25) is 14.5 Å². The molecule has 12 heavy (non-hydrogen) atoms. The lowest BCUT2D eigenvalue weighted by Gasteiger charge is -2.18. The van der Waals surface area contributed by atoms with E-state index in [9.17, 15) is 9.59 Å². The third-order valence-electron chi connectivity index (χ3n) is 2.02. The van der Waals surface area contributed by atoms with Gasteiger partial charge >= 0.3 is 0 Å². The van der Waals surface area contributed by atoms with Crippen molar-refractivity contribution < 1.29 is 14.3 Å². The molecule has 2 amide bonds. The molecule has 1 aliphatic heterocycles. The highest BCUT2D eigenvalue weighted by Crippen LogP contribution is 2.17. The zero-order chi connectivity index (χ0) is 9.14. The number of likely N-dealkylation sites (tertiary alicyclic amines) is 1. The molecule has 1 unspecified atom stereocenters. The number of imide groups is 1. The molecule has 0 aromatic rings. The monoisotopic (exact) mass is 171 g/mol. The minimum Gasteiger partial charge on any atom is -0.375 e. The van der Waals surface area contributed by atoms with E-state index in [0.29, 0.717) is 6.42 Å². The summed E-state index contributed by atoms with van der Waals surface area (Å²) in [6.45, 7) is 1.87. The van der Waals surface area contributed by atoms with E-state index in [0.717, 1.165) is 6.42 Å². The van der Waals surface area contributed by atoms with Crippen molar-refractivity contribution in [3.05, 3.63) is 0 Å². The van der Waals surface area contributed by atoms with Crippen molar-refractivity contribution in [3.63, 3.8) is 0 Å². The Kier molecular flexibility index (Phi) is 2.81. The third-order valence-corrected chi connectivity index (χ3v) is 2.02. The van der Waals surface area contributed by atoms with Gasteiger partial charge in [0.2, 0.25) is 5.91 Å². The minimum atomic E-state index is -0.229. The van der Waals surface area contributed by atoms with Crippen LogP contribution in [0.4, 0.5) is 0 Å². The molecule has 0 N–H and O–H groups in total. The van der Waals surface area contributed by atoms with Gasteiger partial charge < -0.3 is 4.74 Å². The van der Waals surface area contributed by atoms with Gasteiger partial charge in [0.05, 0.1) is 0 Å². The molecule has 0 aromatic heterocycles. The summed E-state index contributed by atoms with van der Waals surface area (Å²) in [5.74, 6) is -0.308. The van der Waals surface area contributed by atoms with Crippen LogP contribution in [0.25, 0.3) is 0 Å². The molecule has 0 radical (unpaired) electrons. The van der Waals surface area contributed by atoms with Crippen molar-refractivity contribution in [1.82, 2.24) is 4.90 Å². The molecule has 1 atom stereocenters. The second-order valence-corrected chi connectivity index (χ2v) is 2.98. The van der Waals surface area contributed by atoms with Crippen LogP contribution in [-0.2, 0) is 14.3 Å². The third kappa shape index (κ3) is 1.64. The van der Waals surface area contributed by atoms with Crippen LogP contribution in [0.5, 0.6) is 0 Å². The zero-order valence-corrected chi connectivity index (χ0v) is 7.37. The van der Waals surface area contributed by atoms with E-state index in [1.807, 2.05) is 6.92 Å². The van der Waals surface area contributed by atoms with E-state index in [1.54, 1.807) is 0 Å². The molecule has 68 valence electrons. The molecular formula is C8H13NO3. The van der Waals surface area contributed by atoms with Crippen LogP contribution in [-0.4, -0.2) is 36.5 Å². The summed E-state index contributed by atoms with van der Waals surface area (Å²) < 4.78 is 4.67. The molecule has 4 heteroatoms. The van der Waals surface area contributed by atoms with Crippen molar-refractivity contribution in [2.45, 2.75) is 25.8 Å². The van der Waals surface area contributed by atoms with Gasteiger partial charge in [0, 0.05) is 19.6 Å². The lowest BCUT2D eigenvalue weighted by molar-refractivity contribution is -0.146. The lowest BCUT2D eigenvalue weighted by Crippen LogP contribution is -2.39. The average molecular weight is 171 g/mol.